The molecule has 2 aromatic carbocycles. The lowest BCUT2D eigenvalue weighted by atomic mass is 10.1. The number of ether oxygens (including phenoxy) is 1. The van der Waals surface area contributed by atoms with Crippen LogP contribution in [-0.2, 0) is 16.0 Å². The average molecular weight is 383 g/mol. The van der Waals surface area contributed by atoms with Crippen molar-refractivity contribution in [2.24, 2.45) is 5.10 Å². The van der Waals surface area contributed by atoms with Crippen molar-refractivity contribution in [2.75, 3.05) is 6.61 Å². The first-order valence-corrected chi connectivity index (χ1v) is 8.63. The molecule has 0 spiro atoms. The van der Waals surface area contributed by atoms with Gasteiger partial charge in [0, 0.05) is 6.42 Å². The Labute approximate surface area is 162 Å². The topological polar surface area (TPSA) is 117 Å². The molecule has 0 radical (unpaired) electrons. The Balaban J connectivity index is 2.01. The van der Waals surface area contributed by atoms with E-state index >= 15 is 0 Å². The fraction of sp³-hybridized carbons (Fsp3) is 0.200. The summed E-state index contributed by atoms with van der Waals surface area (Å²) < 4.78 is 4.85. The van der Waals surface area contributed by atoms with Gasteiger partial charge >= 0.3 is 12.1 Å². The molecule has 2 amide bonds. The molecule has 146 valence electrons. The smallest absolute Gasteiger partial charge is 0.407 e. The van der Waals surface area contributed by atoms with Crippen molar-refractivity contribution < 1.29 is 24.2 Å². The van der Waals surface area contributed by atoms with E-state index in [1.165, 1.54) is 18.3 Å². The number of amides is 2. The summed E-state index contributed by atoms with van der Waals surface area (Å²) in [5.41, 5.74) is 4.02. The minimum Gasteiger partial charge on any atom is -0.478 e. The molecule has 0 bridgehead atoms. The molecule has 2 rings (SSSR count). The van der Waals surface area contributed by atoms with Gasteiger partial charge in [-0.2, -0.15) is 5.10 Å². The van der Waals surface area contributed by atoms with Gasteiger partial charge in [0.25, 0.3) is 5.91 Å². The first-order chi connectivity index (χ1) is 13.5. The number of hydrogen-bond acceptors (Lipinski definition) is 5. The maximum Gasteiger partial charge on any atom is 0.407 e. The number of carbonyl (C=O) groups is 3. The third-order valence-electron chi connectivity index (χ3n) is 3.71. The van der Waals surface area contributed by atoms with Gasteiger partial charge in [0.2, 0.25) is 0 Å². The number of rotatable bonds is 8. The summed E-state index contributed by atoms with van der Waals surface area (Å²) in [6.07, 6.45) is 0.966. The van der Waals surface area contributed by atoms with Crippen LogP contribution in [0.3, 0.4) is 0 Å². The van der Waals surface area contributed by atoms with E-state index in [0.717, 1.165) is 5.56 Å². The number of alkyl carbamates (subject to hydrolysis) is 1. The largest absolute Gasteiger partial charge is 0.478 e. The Morgan fingerprint density at radius 1 is 1.11 bits per heavy atom. The van der Waals surface area contributed by atoms with E-state index in [1.54, 1.807) is 19.1 Å². The fourth-order valence-electron chi connectivity index (χ4n) is 2.33. The van der Waals surface area contributed by atoms with Crippen LogP contribution in [0.25, 0.3) is 0 Å². The van der Waals surface area contributed by atoms with Crippen molar-refractivity contribution >= 4 is 24.2 Å². The number of carbonyl (C=O) groups excluding carboxylic acids is 2. The van der Waals surface area contributed by atoms with Gasteiger partial charge in [-0.1, -0.05) is 42.5 Å². The number of nitrogens with one attached hydrogen (secondary N) is 2. The third-order valence-corrected chi connectivity index (χ3v) is 3.71. The van der Waals surface area contributed by atoms with E-state index in [1.807, 2.05) is 30.3 Å². The number of carboxylic acids is 1. The first kappa shape index (κ1) is 20.6. The van der Waals surface area contributed by atoms with E-state index in [9.17, 15) is 14.4 Å². The van der Waals surface area contributed by atoms with Crippen LogP contribution in [-0.4, -0.2) is 41.9 Å². The summed E-state index contributed by atoms with van der Waals surface area (Å²) in [5.74, 6) is -1.53. The molecule has 8 heteroatoms. The Bertz CT molecular complexity index is 835. The number of aromatic carboxylic acids is 1. The minimum atomic E-state index is -1.02. The quantitative estimate of drug-likeness (QED) is 0.477. The third kappa shape index (κ3) is 6.56. The monoisotopic (exact) mass is 383 g/mol. The molecule has 0 saturated heterocycles. The number of hydrazone groups is 1. The molecule has 0 saturated carbocycles. The molecule has 0 fully saturated rings. The summed E-state index contributed by atoms with van der Waals surface area (Å²) >= 11 is 0. The van der Waals surface area contributed by atoms with E-state index in [4.69, 9.17) is 9.84 Å². The van der Waals surface area contributed by atoms with Crippen LogP contribution in [0, 0.1) is 0 Å². The SMILES string of the molecule is CCOC(=O)N[C@H](Cc1ccccc1)C(=O)N/N=C\c1ccc(C(=O)O)cc1. The van der Waals surface area contributed by atoms with Crippen LogP contribution in [0.1, 0.15) is 28.4 Å². The van der Waals surface area contributed by atoms with Gasteiger partial charge in [-0.15, -0.1) is 0 Å². The molecule has 3 N–H and O–H groups in total. The Morgan fingerprint density at radius 2 is 1.79 bits per heavy atom. The van der Waals surface area contributed by atoms with Gasteiger partial charge < -0.3 is 15.2 Å². The van der Waals surface area contributed by atoms with Crippen LogP contribution >= 0.6 is 0 Å². The van der Waals surface area contributed by atoms with Crippen molar-refractivity contribution in [3.63, 3.8) is 0 Å². The first-order valence-electron chi connectivity index (χ1n) is 8.63. The lowest BCUT2D eigenvalue weighted by Crippen LogP contribution is -2.47. The Hall–Kier alpha value is -3.68. The van der Waals surface area contributed by atoms with Crippen LogP contribution in [0.5, 0.6) is 0 Å². The highest BCUT2D eigenvalue weighted by Crippen LogP contribution is 2.05. The molecular formula is C20H21N3O5. The molecule has 8 nitrogen and oxygen atoms in total. The highest BCUT2D eigenvalue weighted by atomic mass is 16.5. The van der Waals surface area contributed by atoms with Crippen LogP contribution in [0.4, 0.5) is 4.79 Å². The molecule has 28 heavy (non-hydrogen) atoms. The van der Waals surface area contributed by atoms with Crippen molar-refractivity contribution in [2.45, 2.75) is 19.4 Å². The van der Waals surface area contributed by atoms with Gasteiger partial charge in [-0.25, -0.2) is 15.0 Å². The lowest BCUT2D eigenvalue weighted by molar-refractivity contribution is -0.123. The summed E-state index contributed by atoms with van der Waals surface area (Å²) in [6.45, 7) is 1.86. The molecule has 2 aromatic rings. The molecule has 0 aliphatic rings. The van der Waals surface area contributed by atoms with Crippen LogP contribution < -0.4 is 10.7 Å². The normalized spacial score (nSPS) is 11.6. The number of benzene rings is 2. The minimum absolute atomic E-state index is 0.155. The van der Waals surface area contributed by atoms with Crippen molar-refractivity contribution in [1.29, 1.82) is 0 Å². The summed E-state index contributed by atoms with van der Waals surface area (Å²) in [7, 11) is 0. The molecule has 1 atom stereocenters. The van der Waals surface area contributed by atoms with Crippen molar-refractivity contribution in [3.8, 4) is 0 Å². The van der Waals surface area contributed by atoms with E-state index < -0.39 is 24.0 Å². The molecular weight excluding hydrogens is 362 g/mol. The maximum atomic E-state index is 12.4. The van der Waals surface area contributed by atoms with Crippen molar-refractivity contribution in [1.82, 2.24) is 10.7 Å². The Kier molecular flexibility index (Phi) is 7.71. The highest BCUT2D eigenvalue weighted by molar-refractivity contribution is 5.90. The molecule has 0 aromatic heterocycles. The molecule has 0 unspecified atom stereocenters. The van der Waals surface area contributed by atoms with E-state index in [2.05, 4.69) is 15.8 Å². The van der Waals surface area contributed by atoms with Crippen molar-refractivity contribution in [3.05, 3.63) is 71.3 Å². The summed E-state index contributed by atoms with van der Waals surface area (Å²) in [6, 6.07) is 14.4. The van der Waals surface area contributed by atoms with Crippen LogP contribution in [0.15, 0.2) is 59.7 Å². The van der Waals surface area contributed by atoms with Gasteiger partial charge in [0.05, 0.1) is 18.4 Å². The fourth-order valence-corrected chi connectivity index (χ4v) is 2.33. The van der Waals surface area contributed by atoms with E-state index in [-0.39, 0.29) is 18.6 Å². The standard InChI is InChI=1S/C20H21N3O5/c1-2-28-20(27)22-17(12-14-6-4-3-5-7-14)18(24)23-21-13-15-8-10-16(11-9-15)19(25)26/h3-11,13,17H,2,12H2,1H3,(H,22,27)(H,23,24)(H,25,26)/b21-13-/t17-/m1/s1. The zero-order valence-electron chi connectivity index (χ0n) is 15.3. The molecule has 0 aliphatic heterocycles. The zero-order valence-corrected chi connectivity index (χ0v) is 15.3. The summed E-state index contributed by atoms with van der Waals surface area (Å²) in [4.78, 5) is 35.0. The predicted molar refractivity (Wildman–Crippen MR) is 103 cm³/mol. The average Bonchev–Trinajstić information content (AvgIpc) is 2.69. The maximum absolute atomic E-state index is 12.4. The lowest BCUT2D eigenvalue weighted by Gasteiger charge is -2.16. The van der Waals surface area contributed by atoms with Gasteiger partial charge in [0.1, 0.15) is 6.04 Å². The second kappa shape index (κ2) is 10.5. The molecule has 0 aliphatic carbocycles. The second-order valence-corrected chi connectivity index (χ2v) is 5.77. The van der Waals surface area contributed by atoms with Gasteiger partial charge in [-0.05, 0) is 30.2 Å². The highest BCUT2D eigenvalue weighted by Gasteiger charge is 2.21. The number of carboxylic acid groups (broad SMARTS) is 1. The van der Waals surface area contributed by atoms with Gasteiger partial charge in [-0.3, -0.25) is 4.79 Å². The summed E-state index contributed by atoms with van der Waals surface area (Å²) in [5, 5.41) is 15.3. The zero-order chi connectivity index (χ0) is 20.4. The Morgan fingerprint density at radius 3 is 2.39 bits per heavy atom. The number of nitrogens with zero attached hydrogens (tertiary/aromatic N) is 1. The van der Waals surface area contributed by atoms with E-state index in [0.29, 0.717) is 5.56 Å². The van der Waals surface area contributed by atoms with Crippen LogP contribution in [0.2, 0.25) is 0 Å². The molecule has 0 heterocycles. The van der Waals surface area contributed by atoms with Gasteiger partial charge in [0.15, 0.2) is 0 Å². The second-order valence-electron chi connectivity index (χ2n) is 5.77. The number of hydrogen-bond donors (Lipinski definition) is 3. The predicted octanol–water partition coefficient (Wildman–Crippen LogP) is 2.19.